The molecule has 7 heteroatoms. The number of hydrogen-bond donors (Lipinski definition) is 1. The average molecular weight is 392 g/mol. The molecule has 0 bridgehead atoms. The van der Waals surface area contributed by atoms with Gasteiger partial charge < -0.3 is 0 Å². The number of carbonyl (C=O) groups excluding carboxylic acids is 1. The highest BCUT2D eigenvalue weighted by Crippen LogP contribution is 2.20. The van der Waals surface area contributed by atoms with Crippen molar-refractivity contribution in [1.82, 2.24) is 20.0 Å². The molecule has 0 fully saturated rings. The van der Waals surface area contributed by atoms with Gasteiger partial charge in [-0.05, 0) is 11.1 Å². The number of fused-ring (bicyclic) bond motifs is 1. The highest BCUT2D eigenvalue weighted by atomic mass is 32.2. The first-order valence-electron chi connectivity index (χ1n) is 9.07. The second-order valence-electron chi connectivity index (χ2n) is 6.53. The third-order valence-electron chi connectivity index (χ3n) is 4.49. The molecule has 1 amide bonds. The largest absolute Gasteiger partial charge is 0.286 e. The van der Waals surface area contributed by atoms with Crippen LogP contribution in [0, 0.1) is 0 Å². The minimum absolute atomic E-state index is 0.0670. The number of thioether (sulfide) groups is 1. The van der Waals surface area contributed by atoms with Crippen LogP contribution < -0.4 is 11.0 Å². The van der Waals surface area contributed by atoms with E-state index in [1.807, 2.05) is 65.7 Å². The van der Waals surface area contributed by atoms with Crippen molar-refractivity contribution in [2.45, 2.75) is 24.8 Å². The molecule has 1 aliphatic heterocycles. The van der Waals surface area contributed by atoms with Crippen molar-refractivity contribution in [1.29, 1.82) is 0 Å². The van der Waals surface area contributed by atoms with Crippen LogP contribution in [0.2, 0.25) is 0 Å². The fourth-order valence-electron chi connectivity index (χ4n) is 3.12. The van der Waals surface area contributed by atoms with Crippen molar-refractivity contribution in [3.05, 3.63) is 93.9 Å². The third-order valence-corrected chi connectivity index (χ3v) is 5.46. The molecule has 2 heterocycles. The number of carbonyl (C=O) groups is 1. The molecule has 1 aliphatic rings. The second kappa shape index (κ2) is 8.41. The van der Waals surface area contributed by atoms with E-state index in [1.54, 1.807) is 4.57 Å². The van der Waals surface area contributed by atoms with Gasteiger partial charge in [-0.2, -0.15) is 0 Å². The molecule has 28 heavy (non-hydrogen) atoms. The van der Waals surface area contributed by atoms with Gasteiger partial charge in [-0.3, -0.25) is 19.6 Å². The Morgan fingerprint density at radius 1 is 1.04 bits per heavy atom. The molecule has 0 saturated carbocycles. The third kappa shape index (κ3) is 4.16. The van der Waals surface area contributed by atoms with E-state index in [-0.39, 0.29) is 11.1 Å². The van der Waals surface area contributed by atoms with Crippen LogP contribution in [0.5, 0.6) is 0 Å². The van der Waals surface area contributed by atoms with Gasteiger partial charge in [-0.1, -0.05) is 72.4 Å². The van der Waals surface area contributed by atoms with E-state index < -0.39 is 5.91 Å². The first-order valence-corrected chi connectivity index (χ1v) is 10.1. The lowest BCUT2D eigenvalue weighted by molar-refractivity contribution is 0.0756. The van der Waals surface area contributed by atoms with Crippen LogP contribution in [0.3, 0.4) is 0 Å². The number of benzene rings is 2. The monoisotopic (exact) mass is 392 g/mol. The van der Waals surface area contributed by atoms with Gasteiger partial charge in [0.2, 0.25) is 0 Å². The molecule has 4 rings (SSSR count). The van der Waals surface area contributed by atoms with Crippen LogP contribution in [-0.4, -0.2) is 26.2 Å². The fourth-order valence-corrected chi connectivity index (χ4v) is 4.03. The van der Waals surface area contributed by atoms with Gasteiger partial charge in [-0.15, -0.1) is 0 Å². The van der Waals surface area contributed by atoms with Crippen LogP contribution in [-0.2, 0) is 19.6 Å². The van der Waals surface area contributed by atoms with E-state index in [0.717, 1.165) is 16.9 Å². The second-order valence-corrected chi connectivity index (χ2v) is 7.59. The molecule has 1 aromatic heterocycles. The van der Waals surface area contributed by atoms with Crippen LogP contribution in [0.15, 0.2) is 76.8 Å². The minimum atomic E-state index is -0.434. The van der Waals surface area contributed by atoms with Crippen LogP contribution in [0.4, 0.5) is 0 Å². The molecule has 6 nitrogen and oxygen atoms in total. The SMILES string of the molecule is O=C(NN(Cc1ccccc1)Cc1ccccc1)c1cnc2n(c1=O)CCS2. The van der Waals surface area contributed by atoms with Gasteiger partial charge in [0.05, 0.1) is 0 Å². The number of aromatic nitrogens is 2. The summed E-state index contributed by atoms with van der Waals surface area (Å²) >= 11 is 1.53. The quantitative estimate of drug-likeness (QED) is 0.516. The number of nitrogens with zero attached hydrogens (tertiary/aromatic N) is 3. The topological polar surface area (TPSA) is 67.2 Å². The van der Waals surface area contributed by atoms with E-state index in [1.165, 1.54) is 18.0 Å². The van der Waals surface area contributed by atoms with Crippen LogP contribution in [0.1, 0.15) is 21.5 Å². The number of rotatable bonds is 6. The van der Waals surface area contributed by atoms with Gasteiger partial charge in [0, 0.05) is 31.6 Å². The first-order chi connectivity index (χ1) is 13.7. The lowest BCUT2D eigenvalue weighted by atomic mass is 10.2. The molecular weight excluding hydrogens is 372 g/mol. The Kier molecular flexibility index (Phi) is 5.55. The zero-order chi connectivity index (χ0) is 19.3. The Morgan fingerprint density at radius 3 is 2.25 bits per heavy atom. The number of nitrogens with one attached hydrogen (secondary N) is 1. The standard InChI is InChI=1S/C21H20N4O2S/c26-19(18-13-22-21-25(20(18)27)11-12-28-21)23-24(14-16-7-3-1-4-8-16)15-17-9-5-2-6-10-17/h1-10,13H,11-12,14-15H2,(H,23,26). The van der Waals surface area contributed by atoms with Crippen molar-refractivity contribution in [2.75, 3.05) is 5.75 Å². The Labute approximate surface area is 167 Å². The lowest BCUT2D eigenvalue weighted by Crippen LogP contribution is -2.43. The van der Waals surface area contributed by atoms with Crippen molar-refractivity contribution >= 4 is 17.7 Å². The molecule has 1 N–H and O–H groups in total. The lowest BCUT2D eigenvalue weighted by Gasteiger charge is -2.23. The molecule has 0 aliphatic carbocycles. The summed E-state index contributed by atoms with van der Waals surface area (Å²) in [7, 11) is 0. The molecular formula is C21H20N4O2S. The normalized spacial score (nSPS) is 12.8. The predicted octanol–water partition coefficient (Wildman–Crippen LogP) is 2.70. The van der Waals surface area contributed by atoms with Crippen molar-refractivity contribution in [3.63, 3.8) is 0 Å². The molecule has 3 aromatic rings. The molecule has 0 radical (unpaired) electrons. The van der Waals surface area contributed by atoms with Gasteiger partial charge in [0.15, 0.2) is 5.16 Å². The highest BCUT2D eigenvalue weighted by molar-refractivity contribution is 7.99. The van der Waals surface area contributed by atoms with Gasteiger partial charge in [-0.25, -0.2) is 9.99 Å². The number of hydrazine groups is 1. The first kappa shape index (κ1) is 18.5. The smallest absolute Gasteiger partial charge is 0.272 e. The zero-order valence-corrected chi connectivity index (χ0v) is 16.1. The van der Waals surface area contributed by atoms with E-state index in [4.69, 9.17) is 0 Å². The van der Waals surface area contributed by atoms with Crippen molar-refractivity contribution < 1.29 is 4.79 Å². The summed E-state index contributed by atoms with van der Waals surface area (Å²) < 4.78 is 1.57. The summed E-state index contributed by atoms with van der Waals surface area (Å²) in [5.74, 6) is 0.373. The maximum absolute atomic E-state index is 12.8. The Balaban J connectivity index is 1.56. The molecule has 0 atom stereocenters. The summed E-state index contributed by atoms with van der Waals surface area (Å²) in [6, 6.07) is 19.8. The summed E-state index contributed by atoms with van der Waals surface area (Å²) in [4.78, 5) is 29.7. The molecule has 0 saturated heterocycles. The Hall–Kier alpha value is -2.90. The van der Waals surface area contributed by atoms with E-state index in [0.29, 0.717) is 24.8 Å². The van der Waals surface area contributed by atoms with Gasteiger partial charge >= 0.3 is 0 Å². The van der Waals surface area contributed by atoms with E-state index >= 15 is 0 Å². The summed E-state index contributed by atoms with van der Waals surface area (Å²) in [5, 5.41) is 2.49. The summed E-state index contributed by atoms with van der Waals surface area (Å²) in [5.41, 5.74) is 4.82. The molecule has 0 unspecified atom stereocenters. The molecule has 0 spiro atoms. The number of hydrogen-bond acceptors (Lipinski definition) is 5. The predicted molar refractivity (Wildman–Crippen MR) is 109 cm³/mol. The van der Waals surface area contributed by atoms with Gasteiger partial charge in [0.1, 0.15) is 5.56 Å². The highest BCUT2D eigenvalue weighted by Gasteiger charge is 2.21. The van der Waals surface area contributed by atoms with Gasteiger partial charge in [0.25, 0.3) is 11.5 Å². The Bertz CT molecular complexity index is 980. The van der Waals surface area contributed by atoms with Crippen molar-refractivity contribution in [3.8, 4) is 0 Å². The van der Waals surface area contributed by atoms with E-state index in [2.05, 4.69) is 10.4 Å². The number of amides is 1. The maximum Gasteiger partial charge on any atom is 0.272 e. The Morgan fingerprint density at radius 2 is 1.64 bits per heavy atom. The molecule has 142 valence electrons. The minimum Gasteiger partial charge on any atom is -0.286 e. The fraction of sp³-hybridized carbons (Fsp3) is 0.190. The zero-order valence-electron chi connectivity index (χ0n) is 15.2. The van der Waals surface area contributed by atoms with Crippen LogP contribution in [0.25, 0.3) is 0 Å². The van der Waals surface area contributed by atoms with Crippen molar-refractivity contribution in [2.24, 2.45) is 0 Å². The summed E-state index contributed by atoms with van der Waals surface area (Å²) in [6.07, 6.45) is 1.38. The maximum atomic E-state index is 12.8. The average Bonchev–Trinajstić information content (AvgIpc) is 3.19. The molecule has 2 aromatic carbocycles. The van der Waals surface area contributed by atoms with E-state index in [9.17, 15) is 9.59 Å². The van der Waals surface area contributed by atoms with Crippen LogP contribution >= 0.6 is 11.8 Å². The summed E-state index contributed by atoms with van der Waals surface area (Å²) in [6.45, 7) is 1.64.